The van der Waals surface area contributed by atoms with E-state index in [4.69, 9.17) is 0 Å². The summed E-state index contributed by atoms with van der Waals surface area (Å²) in [5.74, 6) is -1.91. The van der Waals surface area contributed by atoms with Crippen LogP contribution < -0.4 is 0 Å². The first-order valence-electron chi connectivity index (χ1n) is 6.66. The lowest BCUT2D eigenvalue weighted by Crippen LogP contribution is -2.08. The molecule has 0 bridgehead atoms. The molecule has 0 saturated carbocycles. The number of hydrogen-bond donors (Lipinski definition) is 0. The van der Waals surface area contributed by atoms with Gasteiger partial charge in [-0.15, -0.1) is 0 Å². The molecule has 1 nitrogen and oxygen atoms in total. The monoisotopic (exact) mass is 352 g/mol. The summed E-state index contributed by atoms with van der Waals surface area (Å²) in [6.45, 7) is 4.14. The highest BCUT2D eigenvalue weighted by Crippen LogP contribution is 2.23. The maximum Gasteiger partial charge on any atom is 0.198 e. The average Bonchev–Trinajstić information content (AvgIpc) is 2.36. The summed E-state index contributed by atoms with van der Waals surface area (Å²) in [7, 11) is 0. The maximum absolute atomic E-state index is 13.9. The zero-order chi connectivity index (χ0) is 15.6. The Bertz CT molecular complexity index is 657. The third kappa shape index (κ3) is 3.76. The van der Waals surface area contributed by atoms with Crippen molar-refractivity contribution in [1.82, 2.24) is 0 Å². The number of rotatable bonds is 4. The van der Waals surface area contributed by atoms with Gasteiger partial charge in [0, 0.05) is 10.0 Å². The molecule has 2 rings (SSSR count). The minimum atomic E-state index is -0.860. The molecule has 110 valence electrons. The van der Waals surface area contributed by atoms with Crippen LogP contribution in [-0.2, 0) is 6.42 Å². The Balaban J connectivity index is 2.41. The SMILES string of the molecule is CC(C)Cc1cccc(C(=O)c2c(F)cc(Br)cc2F)c1. The van der Waals surface area contributed by atoms with Crippen LogP contribution in [0.4, 0.5) is 8.78 Å². The second-order valence-corrected chi connectivity index (χ2v) is 6.29. The van der Waals surface area contributed by atoms with Crippen molar-refractivity contribution in [2.45, 2.75) is 20.3 Å². The smallest absolute Gasteiger partial charge is 0.198 e. The first kappa shape index (κ1) is 15.8. The molecule has 0 fully saturated rings. The molecule has 0 aliphatic heterocycles. The van der Waals surface area contributed by atoms with Crippen molar-refractivity contribution in [2.75, 3.05) is 0 Å². The fourth-order valence-corrected chi connectivity index (χ4v) is 2.62. The van der Waals surface area contributed by atoms with Gasteiger partial charge < -0.3 is 0 Å². The summed E-state index contributed by atoms with van der Waals surface area (Å²) in [5, 5.41) is 0. The van der Waals surface area contributed by atoms with Crippen LogP contribution in [0.5, 0.6) is 0 Å². The molecule has 4 heteroatoms. The second kappa shape index (κ2) is 6.48. The highest BCUT2D eigenvalue weighted by Gasteiger charge is 2.20. The standard InChI is InChI=1S/C17H15BrF2O/c1-10(2)6-11-4-3-5-12(7-11)17(21)16-14(19)8-13(18)9-15(16)20/h3-5,7-10H,6H2,1-2H3. The van der Waals surface area contributed by atoms with E-state index in [0.717, 1.165) is 24.1 Å². The van der Waals surface area contributed by atoms with Crippen LogP contribution in [0.1, 0.15) is 35.3 Å². The summed E-state index contributed by atoms with van der Waals surface area (Å²) in [5.41, 5.74) is 0.766. The van der Waals surface area contributed by atoms with Gasteiger partial charge in [0.15, 0.2) is 5.78 Å². The topological polar surface area (TPSA) is 17.1 Å². The molecule has 0 aliphatic carbocycles. The van der Waals surface area contributed by atoms with Crippen LogP contribution >= 0.6 is 15.9 Å². The quantitative estimate of drug-likeness (QED) is 0.694. The van der Waals surface area contributed by atoms with Gasteiger partial charge in [-0.1, -0.05) is 48.0 Å². The van der Waals surface area contributed by atoms with Gasteiger partial charge >= 0.3 is 0 Å². The lowest BCUT2D eigenvalue weighted by molar-refractivity contribution is 0.103. The lowest BCUT2D eigenvalue weighted by atomic mass is 9.97. The number of ketones is 1. The van der Waals surface area contributed by atoms with E-state index in [1.807, 2.05) is 6.07 Å². The summed E-state index contributed by atoms with van der Waals surface area (Å²) < 4.78 is 28.0. The Morgan fingerprint density at radius 2 is 1.76 bits per heavy atom. The van der Waals surface area contributed by atoms with E-state index in [2.05, 4.69) is 29.8 Å². The van der Waals surface area contributed by atoms with Crippen LogP contribution in [0.15, 0.2) is 40.9 Å². The van der Waals surface area contributed by atoms with E-state index in [1.165, 1.54) is 0 Å². The molecular weight excluding hydrogens is 338 g/mol. The van der Waals surface area contributed by atoms with Gasteiger partial charge in [-0.2, -0.15) is 0 Å². The predicted octanol–water partition coefficient (Wildman–Crippen LogP) is 5.16. The predicted molar refractivity (Wildman–Crippen MR) is 82.5 cm³/mol. The van der Waals surface area contributed by atoms with Crippen molar-refractivity contribution in [3.63, 3.8) is 0 Å². The largest absolute Gasteiger partial charge is 0.288 e. The fourth-order valence-electron chi connectivity index (χ4n) is 2.21. The number of carbonyl (C=O) groups excluding carboxylic acids is 1. The Labute approximate surface area is 131 Å². The van der Waals surface area contributed by atoms with Crippen molar-refractivity contribution in [3.05, 3.63) is 69.2 Å². The summed E-state index contributed by atoms with van der Waals surface area (Å²) in [4.78, 5) is 12.3. The van der Waals surface area contributed by atoms with Gasteiger partial charge in [0.05, 0.1) is 5.56 Å². The van der Waals surface area contributed by atoms with Crippen molar-refractivity contribution < 1.29 is 13.6 Å². The van der Waals surface area contributed by atoms with E-state index >= 15 is 0 Å². The number of benzene rings is 2. The van der Waals surface area contributed by atoms with Crippen molar-refractivity contribution in [2.24, 2.45) is 5.92 Å². The fraction of sp³-hybridized carbons (Fsp3) is 0.235. The van der Waals surface area contributed by atoms with E-state index in [9.17, 15) is 13.6 Å². The zero-order valence-electron chi connectivity index (χ0n) is 11.8. The molecule has 0 atom stereocenters. The van der Waals surface area contributed by atoms with Crippen molar-refractivity contribution in [1.29, 1.82) is 0 Å². The molecule has 21 heavy (non-hydrogen) atoms. The zero-order valence-corrected chi connectivity index (χ0v) is 13.4. The van der Waals surface area contributed by atoms with Crippen LogP contribution in [0.3, 0.4) is 0 Å². The third-order valence-electron chi connectivity index (χ3n) is 3.07. The van der Waals surface area contributed by atoms with E-state index < -0.39 is 23.0 Å². The third-order valence-corrected chi connectivity index (χ3v) is 3.52. The molecule has 0 aromatic heterocycles. The van der Waals surface area contributed by atoms with E-state index in [-0.39, 0.29) is 4.47 Å². The van der Waals surface area contributed by atoms with Gasteiger partial charge in [-0.3, -0.25) is 4.79 Å². The molecule has 2 aromatic carbocycles. The first-order chi connectivity index (χ1) is 9.88. The molecular formula is C17H15BrF2O. The Morgan fingerprint density at radius 1 is 1.14 bits per heavy atom. The average molecular weight is 353 g/mol. The van der Waals surface area contributed by atoms with Gasteiger partial charge in [-0.25, -0.2) is 8.78 Å². The van der Waals surface area contributed by atoms with Crippen molar-refractivity contribution in [3.8, 4) is 0 Å². The molecule has 0 saturated heterocycles. The molecule has 0 amide bonds. The second-order valence-electron chi connectivity index (χ2n) is 5.37. The summed E-state index contributed by atoms with van der Waals surface area (Å²) in [6, 6.07) is 9.10. The van der Waals surface area contributed by atoms with Crippen LogP contribution in [-0.4, -0.2) is 5.78 Å². The van der Waals surface area contributed by atoms with Crippen LogP contribution in [0, 0.1) is 17.6 Å². The first-order valence-corrected chi connectivity index (χ1v) is 7.46. The van der Waals surface area contributed by atoms with Gasteiger partial charge in [-0.05, 0) is 36.1 Å². The number of halogens is 3. The van der Waals surface area contributed by atoms with Crippen LogP contribution in [0.2, 0.25) is 0 Å². The number of carbonyl (C=O) groups is 1. The van der Waals surface area contributed by atoms with Gasteiger partial charge in [0.1, 0.15) is 11.6 Å². The number of hydrogen-bond acceptors (Lipinski definition) is 1. The lowest BCUT2D eigenvalue weighted by Gasteiger charge is -2.08. The molecule has 2 aromatic rings. The highest BCUT2D eigenvalue weighted by molar-refractivity contribution is 9.10. The minimum absolute atomic E-state index is 0.266. The molecule has 0 N–H and O–H groups in total. The Kier molecular flexibility index (Phi) is 4.88. The van der Waals surface area contributed by atoms with E-state index in [1.54, 1.807) is 18.2 Å². The van der Waals surface area contributed by atoms with Gasteiger partial charge in [0.2, 0.25) is 0 Å². The molecule has 0 spiro atoms. The molecule has 0 heterocycles. The summed E-state index contributed by atoms with van der Waals surface area (Å²) in [6.07, 6.45) is 0.812. The normalized spacial score (nSPS) is 11.0. The van der Waals surface area contributed by atoms with Crippen molar-refractivity contribution >= 4 is 21.7 Å². The molecule has 0 aliphatic rings. The molecule has 0 radical (unpaired) electrons. The maximum atomic E-state index is 13.9. The van der Waals surface area contributed by atoms with Crippen LogP contribution in [0.25, 0.3) is 0 Å². The summed E-state index contributed by atoms with van der Waals surface area (Å²) >= 11 is 3.00. The van der Waals surface area contributed by atoms with Gasteiger partial charge in [0.25, 0.3) is 0 Å². The molecule has 0 unspecified atom stereocenters. The Morgan fingerprint density at radius 3 is 2.33 bits per heavy atom. The Hall–Kier alpha value is -1.55. The highest BCUT2D eigenvalue weighted by atomic mass is 79.9. The minimum Gasteiger partial charge on any atom is -0.288 e. The van der Waals surface area contributed by atoms with E-state index in [0.29, 0.717) is 11.5 Å².